The monoisotopic (exact) mass is 319 g/mol. The van der Waals surface area contributed by atoms with E-state index in [4.69, 9.17) is 23.2 Å². The van der Waals surface area contributed by atoms with Gasteiger partial charge in [-0.2, -0.15) is 0 Å². The minimum absolute atomic E-state index is 0.0220. The standard InChI is InChI=1S/C13H15Cl2NO4/c1-19-12(17)7-16(8-13(18)20-2)6-9-3-4-10(14)11(15)5-9/h3-5H,6-8H2,1-2H3. The first kappa shape index (κ1) is 16.8. The molecule has 0 heterocycles. The van der Waals surface area contributed by atoms with Gasteiger partial charge in [0.15, 0.2) is 0 Å². The van der Waals surface area contributed by atoms with E-state index in [1.54, 1.807) is 23.1 Å². The fourth-order valence-electron chi connectivity index (χ4n) is 1.56. The number of ether oxygens (including phenoxy) is 2. The van der Waals surface area contributed by atoms with Gasteiger partial charge in [0.05, 0.1) is 37.4 Å². The highest BCUT2D eigenvalue weighted by Gasteiger charge is 2.16. The number of halogens is 2. The molecule has 1 rings (SSSR count). The van der Waals surface area contributed by atoms with Crippen LogP contribution in [-0.2, 0) is 25.6 Å². The fourth-order valence-corrected chi connectivity index (χ4v) is 1.88. The lowest BCUT2D eigenvalue weighted by atomic mass is 10.2. The molecule has 0 amide bonds. The van der Waals surface area contributed by atoms with Gasteiger partial charge in [0.1, 0.15) is 0 Å². The number of hydrogen-bond donors (Lipinski definition) is 0. The van der Waals surface area contributed by atoms with E-state index in [2.05, 4.69) is 9.47 Å². The van der Waals surface area contributed by atoms with Gasteiger partial charge in [-0.25, -0.2) is 0 Å². The molecule has 0 radical (unpaired) electrons. The van der Waals surface area contributed by atoms with Gasteiger partial charge in [0.2, 0.25) is 0 Å². The van der Waals surface area contributed by atoms with Crippen LogP contribution in [0.3, 0.4) is 0 Å². The third-order valence-electron chi connectivity index (χ3n) is 2.55. The topological polar surface area (TPSA) is 55.8 Å². The first-order valence-corrected chi connectivity index (χ1v) is 6.51. The average Bonchev–Trinajstić information content (AvgIpc) is 2.42. The Morgan fingerprint density at radius 1 is 1.05 bits per heavy atom. The Kier molecular flexibility index (Phi) is 6.78. The first-order chi connectivity index (χ1) is 9.46. The van der Waals surface area contributed by atoms with Crippen LogP contribution >= 0.6 is 23.2 Å². The zero-order chi connectivity index (χ0) is 15.1. The molecule has 20 heavy (non-hydrogen) atoms. The van der Waals surface area contributed by atoms with Crippen LogP contribution in [-0.4, -0.2) is 44.1 Å². The lowest BCUT2D eigenvalue weighted by Crippen LogP contribution is -2.35. The second-order valence-electron chi connectivity index (χ2n) is 4.05. The Hall–Kier alpha value is -1.30. The van der Waals surface area contributed by atoms with E-state index in [1.807, 2.05) is 0 Å². The van der Waals surface area contributed by atoms with E-state index in [1.165, 1.54) is 14.2 Å². The molecule has 110 valence electrons. The highest BCUT2D eigenvalue weighted by molar-refractivity contribution is 6.42. The van der Waals surface area contributed by atoms with E-state index in [0.29, 0.717) is 16.6 Å². The quantitative estimate of drug-likeness (QED) is 0.752. The van der Waals surface area contributed by atoms with Gasteiger partial charge in [-0.3, -0.25) is 14.5 Å². The molecule has 0 aromatic heterocycles. The van der Waals surface area contributed by atoms with Crippen molar-refractivity contribution in [3.63, 3.8) is 0 Å². The summed E-state index contributed by atoms with van der Waals surface area (Å²) in [6, 6.07) is 5.12. The van der Waals surface area contributed by atoms with E-state index in [0.717, 1.165) is 5.56 Å². The lowest BCUT2D eigenvalue weighted by molar-refractivity contribution is -0.145. The minimum Gasteiger partial charge on any atom is -0.468 e. The first-order valence-electron chi connectivity index (χ1n) is 5.76. The predicted molar refractivity (Wildman–Crippen MR) is 75.8 cm³/mol. The number of carbonyl (C=O) groups is 2. The van der Waals surface area contributed by atoms with Crippen LogP contribution in [0, 0.1) is 0 Å². The average molecular weight is 320 g/mol. The van der Waals surface area contributed by atoms with Gasteiger partial charge in [-0.1, -0.05) is 29.3 Å². The summed E-state index contributed by atoms with van der Waals surface area (Å²) >= 11 is 11.8. The number of hydrogen-bond acceptors (Lipinski definition) is 5. The summed E-state index contributed by atoms with van der Waals surface area (Å²) in [6.07, 6.45) is 0. The Morgan fingerprint density at radius 3 is 2.05 bits per heavy atom. The van der Waals surface area contributed by atoms with Gasteiger partial charge < -0.3 is 9.47 Å². The maximum atomic E-state index is 11.3. The smallest absolute Gasteiger partial charge is 0.319 e. The molecule has 0 atom stereocenters. The summed E-state index contributed by atoms with van der Waals surface area (Å²) in [4.78, 5) is 24.3. The Labute approximate surface area is 127 Å². The molecule has 0 saturated heterocycles. The molecule has 0 N–H and O–H groups in total. The largest absolute Gasteiger partial charge is 0.468 e. The summed E-state index contributed by atoms with van der Waals surface area (Å²) < 4.78 is 9.19. The third-order valence-corrected chi connectivity index (χ3v) is 3.29. The minimum atomic E-state index is -0.436. The molecular formula is C13H15Cl2NO4. The molecule has 0 fully saturated rings. The van der Waals surface area contributed by atoms with Crippen molar-refractivity contribution in [2.75, 3.05) is 27.3 Å². The van der Waals surface area contributed by atoms with Crippen LogP contribution in [0.1, 0.15) is 5.56 Å². The SMILES string of the molecule is COC(=O)CN(CC(=O)OC)Cc1ccc(Cl)c(Cl)c1. The third kappa shape index (κ3) is 5.36. The predicted octanol–water partition coefficient (Wildman–Crippen LogP) is 2.14. The van der Waals surface area contributed by atoms with Crippen molar-refractivity contribution in [1.82, 2.24) is 4.90 Å². The molecular weight excluding hydrogens is 305 g/mol. The van der Waals surface area contributed by atoms with Crippen molar-refractivity contribution in [3.05, 3.63) is 33.8 Å². The normalized spacial score (nSPS) is 10.4. The molecule has 7 heteroatoms. The lowest BCUT2D eigenvalue weighted by Gasteiger charge is -2.19. The van der Waals surface area contributed by atoms with E-state index in [9.17, 15) is 9.59 Å². The molecule has 0 aliphatic carbocycles. The van der Waals surface area contributed by atoms with Gasteiger partial charge in [-0.05, 0) is 17.7 Å². The molecule has 1 aromatic carbocycles. The summed E-state index contributed by atoms with van der Waals surface area (Å²) in [5.41, 5.74) is 0.826. The van der Waals surface area contributed by atoms with Crippen molar-refractivity contribution in [1.29, 1.82) is 0 Å². The number of rotatable bonds is 6. The maximum absolute atomic E-state index is 11.3. The van der Waals surface area contributed by atoms with Gasteiger partial charge in [0, 0.05) is 6.54 Å². The molecule has 0 spiro atoms. The molecule has 0 saturated carbocycles. The molecule has 0 aliphatic rings. The van der Waals surface area contributed by atoms with Crippen LogP contribution in [0.15, 0.2) is 18.2 Å². The van der Waals surface area contributed by atoms with Crippen LogP contribution in [0.2, 0.25) is 10.0 Å². The van der Waals surface area contributed by atoms with Gasteiger partial charge in [0.25, 0.3) is 0 Å². The fraction of sp³-hybridized carbons (Fsp3) is 0.385. The molecule has 0 aliphatic heterocycles. The Morgan fingerprint density at radius 2 is 1.60 bits per heavy atom. The number of esters is 2. The summed E-state index contributed by atoms with van der Waals surface area (Å²) in [5.74, 6) is -0.872. The van der Waals surface area contributed by atoms with Crippen molar-refractivity contribution < 1.29 is 19.1 Å². The van der Waals surface area contributed by atoms with Crippen LogP contribution < -0.4 is 0 Å². The molecule has 0 unspecified atom stereocenters. The number of benzene rings is 1. The zero-order valence-corrected chi connectivity index (χ0v) is 12.7. The van der Waals surface area contributed by atoms with Crippen molar-refractivity contribution in [2.24, 2.45) is 0 Å². The van der Waals surface area contributed by atoms with E-state index < -0.39 is 11.9 Å². The second kappa shape index (κ2) is 8.09. The highest BCUT2D eigenvalue weighted by atomic mass is 35.5. The van der Waals surface area contributed by atoms with E-state index >= 15 is 0 Å². The number of methoxy groups -OCH3 is 2. The summed E-state index contributed by atoms with van der Waals surface area (Å²) in [7, 11) is 2.58. The molecule has 5 nitrogen and oxygen atoms in total. The molecule has 1 aromatic rings. The maximum Gasteiger partial charge on any atom is 0.319 e. The van der Waals surface area contributed by atoms with Crippen LogP contribution in [0.5, 0.6) is 0 Å². The molecule has 0 bridgehead atoms. The van der Waals surface area contributed by atoms with Crippen LogP contribution in [0.4, 0.5) is 0 Å². The van der Waals surface area contributed by atoms with Crippen molar-refractivity contribution >= 4 is 35.1 Å². The number of carbonyl (C=O) groups excluding carboxylic acids is 2. The number of nitrogens with zero attached hydrogens (tertiary/aromatic N) is 1. The zero-order valence-electron chi connectivity index (χ0n) is 11.2. The van der Waals surface area contributed by atoms with Gasteiger partial charge in [-0.15, -0.1) is 0 Å². The Bertz CT molecular complexity index is 475. The van der Waals surface area contributed by atoms with Gasteiger partial charge >= 0.3 is 11.9 Å². The van der Waals surface area contributed by atoms with E-state index in [-0.39, 0.29) is 13.1 Å². The Balaban J connectivity index is 2.78. The van der Waals surface area contributed by atoms with Crippen LogP contribution in [0.25, 0.3) is 0 Å². The van der Waals surface area contributed by atoms with Crippen molar-refractivity contribution in [2.45, 2.75) is 6.54 Å². The second-order valence-corrected chi connectivity index (χ2v) is 4.86. The summed E-state index contributed by atoms with van der Waals surface area (Å²) in [5, 5.41) is 0.864. The highest BCUT2D eigenvalue weighted by Crippen LogP contribution is 2.23. The van der Waals surface area contributed by atoms with Crippen molar-refractivity contribution in [3.8, 4) is 0 Å². The summed E-state index contributed by atoms with van der Waals surface area (Å²) in [6.45, 7) is 0.304.